The number of aliphatic hydroxyl groups excluding tert-OH is 1. The van der Waals surface area contributed by atoms with Gasteiger partial charge < -0.3 is 10.4 Å². The van der Waals surface area contributed by atoms with Crippen LogP contribution in [-0.2, 0) is 0 Å². The summed E-state index contributed by atoms with van der Waals surface area (Å²) in [5.74, 6) is 0.592. The first-order valence-electron chi connectivity index (χ1n) is 8.17. The van der Waals surface area contributed by atoms with Gasteiger partial charge in [0.15, 0.2) is 0 Å². The lowest BCUT2D eigenvalue weighted by molar-refractivity contribution is 0.125. The van der Waals surface area contributed by atoms with Gasteiger partial charge in [-0.05, 0) is 51.5 Å². The Hall–Kier alpha value is -0.150. The van der Waals surface area contributed by atoms with Crippen molar-refractivity contribution in [2.45, 2.75) is 90.0 Å². The van der Waals surface area contributed by atoms with Gasteiger partial charge in [0.05, 0.1) is 12.3 Å². The van der Waals surface area contributed by atoms with Gasteiger partial charge >= 0.3 is 0 Å². The fraction of sp³-hybridized carbons (Fsp3) is 1.00. The largest absolute Gasteiger partial charge is 0.393 e. The Bertz CT molecular complexity index is 223. The maximum atomic E-state index is 12.8. The summed E-state index contributed by atoms with van der Waals surface area (Å²) >= 11 is 0. The Balaban J connectivity index is 2.34. The zero-order valence-corrected chi connectivity index (χ0v) is 12.7. The molecule has 19 heavy (non-hydrogen) atoms. The predicted octanol–water partition coefficient (Wildman–Crippen LogP) is 3.82. The van der Waals surface area contributed by atoms with E-state index in [0.717, 1.165) is 38.6 Å². The third-order valence-corrected chi connectivity index (χ3v) is 4.33. The van der Waals surface area contributed by atoms with Crippen molar-refractivity contribution in [2.24, 2.45) is 5.92 Å². The third kappa shape index (κ3) is 7.88. The van der Waals surface area contributed by atoms with Crippen LogP contribution in [0.15, 0.2) is 0 Å². The molecule has 1 fully saturated rings. The molecule has 0 saturated heterocycles. The Labute approximate surface area is 118 Å². The van der Waals surface area contributed by atoms with E-state index in [-0.39, 0.29) is 6.10 Å². The highest BCUT2D eigenvalue weighted by Crippen LogP contribution is 2.26. The number of alkyl halides is 1. The van der Waals surface area contributed by atoms with E-state index in [1.54, 1.807) is 6.92 Å². The van der Waals surface area contributed by atoms with Gasteiger partial charge in [-0.3, -0.25) is 0 Å². The minimum Gasteiger partial charge on any atom is -0.393 e. The molecule has 1 aliphatic carbocycles. The third-order valence-electron chi connectivity index (χ3n) is 4.33. The fourth-order valence-electron chi connectivity index (χ4n) is 3.25. The quantitative estimate of drug-likeness (QED) is 0.771. The van der Waals surface area contributed by atoms with Crippen LogP contribution in [0.5, 0.6) is 0 Å². The van der Waals surface area contributed by atoms with Gasteiger partial charge in [-0.2, -0.15) is 0 Å². The molecule has 0 spiro atoms. The van der Waals surface area contributed by atoms with Gasteiger partial charge in [-0.25, -0.2) is 4.39 Å². The summed E-state index contributed by atoms with van der Waals surface area (Å²) in [6, 6.07) is 0.573. The molecule has 0 heterocycles. The van der Waals surface area contributed by atoms with E-state index in [0.29, 0.717) is 18.4 Å². The molecule has 0 aromatic carbocycles. The van der Waals surface area contributed by atoms with Crippen molar-refractivity contribution in [1.82, 2.24) is 5.32 Å². The molecule has 4 atom stereocenters. The van der Waals surface area contributed by atoms with Crippen molar-refractivity contribution >= 4 is 0 Å². The smallest absolute Gasteiger partial charge is 0.0973 e. The van der Waals surface area contributed by atoms with Crippen LogP contribution in [-0.4, -0.2) is 30.0 Å². The Morgan fingerprint density at radius 2 is 2.05 bits per heavy atom. The van der Waals surface area contributed by atoms with Crippen LogP contribution >= 0.6 is 0 Å². The molecule has 2 nitrogen and oxygen atoms in total. The first-order chi connectivity index (χ1) is 9.11. The summed E-state index contributed by atoms with van der Waals surface area (Å²) < 4.78 is 12.8. The summed E-state index contributed by atoms with van der Waals surface area (Å²) in [7, 11) is 0. The Kier molecular flexibility index (Phi) is 8.64. The second-order valence-electron chi connectivity index (χ2n) is 6.23. The standard InChI is InChI=1S/C16H32FNO/c1-3-18-15-9-5-8-14(7-4-6-13(2)17)12-16(19)11-10-15/h13-16,18-19H,3-12H2,1-2H3. The molecule has 0 aliphatic heterocycles. The topological polar surface area (TPSA) is 32.3 Å². The van der Waals surface area contributed by atoms with Crippen molar-refractivity contribution in [3.05, 3.63) is 0 Å². The summed E-state index contributed by atoms with van der Waals surface area (Å²) in [6.45, 7) is 4.79. The lowest BCUT2D eigenvalue weighted by Crippen LogP contribution is -2.29. The van der Waals surface area contributed by atoms with Crippen LogP contribution in [0, 0.1) is 5.92 Å². The van der Waals surface area contributed by atoms with Gasteiger partial charge in [0, 0.05) is 6.04 Å². The molecule has 1 rings (SSSR count). The molecule has 0 radical (unpaired) electrons. The van der Waals surface area contributed by atoms with Crippen LogP contribution in [0.1, 0.15) is 71.6 Å². The number of hydrogen-bond acceptors (Lipinski definition) is 2. The predicted molar refractivity (Wildman–Crippen MR) is 79.1 cm³/mol. The van der Waals surface area contributed by atoms with E-state index < -0.39 is 6.17 Å². The number of rotatable bonds is 6. The lowest BCUT2D eigenvalue weighted by atomic mass is 9.90. The molecule has 4 unspecified atom stereocenters. The van der Waals surface area contributed by atoms with Gasteiger partial charge in [0.25, 0.3) is 0 Å². The normalized spacial score (nSPS) is 31.3. The monoisotopic (exact) mass is 273 g/mol. The molecule has 3 heteroatoms. The SMILES string of the molecule is CCNC1CCCC(CCCC(C)F)CC(O)CC1. The molecule has 0 aromatic heterocycles. The van der Waals surface area contributed by atoms with Crippen LogP contribution in [0.4, 0.5) is 4.39 Å². The number of halogens is 1. The van der Waals surface area contributed by atoms with Crippen molar-refractivity contribution in [3.8, 4) is 0 Å². The molecule has 1 saturated carbocycles. The Morgan fingerprint density at radius 3 is 2.74 bits per heavy atom. The van der Waals surface area contributed by atoms with Gasteiger partial charge in [0.2, 0.25) is 0 Å². The van der Waals surface area contributed by atoms with Crippen LogP contribution in [0.2, 0.25) is 0 Å². The number of hydrogen-bond donors (Lipinski definition) is 2. The van der Waals surface area contributed by atoms with E-state index in [1.807, 2.05) is 0 Å². The minimum absolute atomic E-state index is 0.160. The summed E-state index contributed by atoms with van der Waals surface area (Å²) in [6.07, 6.45) is 8.44. The molecule has 2 N–H and O–H groups in total. The highest BCUT2D eigenvalue weighted by atomic mass is 19.1. The van der Waals surface area contributed by atoms with E-state index in [4.69, 9.17) is 0 Å². The zero-order chi connectivity index (χ0) is 14.1. The maximum absolute atomic E-state index is 12.8. The van der Waals surface area contributed by atoms with Crippen molar-refractivity contribution < 1.29 is 9.50 Å². The second kappa shape index (κ2) is 9.71. The number of nitrogens with one attached hydrogen (secondary N) is 1. The second-order valence-corrected chi connectivity index (χ2v) is 6.23. The zero-order valence-electron chi connectivity index (χ0n) is 12.7. The average molecular weight is 273 g/mol. The number of aliphatic hydroxyl groups is 1. The van der Waals surface area contributed by atoms with Crippen LogP contribution < -0.4 is 5.32 Å². The van der Waals surface area contributed by atoms with Crippen molar-refractivity contribution in [1.29, 1.82) is 0 Å². The first kappa shape index (κ1) is 16.9. The minimum atomic E-state index is -0.681. The van der Waals surface area contributed by atoms with Crippen LogP contribution in [0.3, 0.4) is 0 Å². The van der Waals surface area contributed by atoms with Crippen molar-refractivity contribution in [2.75, 3.05) is 6.54 Å². The van der Waals surface area contributed by atoms with Crippen LogP contribution in [0.25, 0.3) is 0 Å². The van der Waals surface area contributed by atoms with E-state index in [9.17, 15) is 9.50 Å². The average Bonchev–Trinajstić information content (AvgIpc) is 2.42. The van der Waals surface area contributed by atoms with E-state index in [2.05, 4.69) is 12.2 Å². The molecule has 0 amide bonds. The lowest BCUT2D eigenvalue weighted by Gasteiger charge is -2.19. The summed E-state index contributed by atoms with van der Waals surface area (Å²) in [5, 5.41) is 13.6. The van der Waals surface area contributed by atoms with E-state index in [1.165, 1.54) is 19.3 Å². The summed E-state index contributed by atoms with van der Waals surface area (Å²) in [5.41, 5.74) is 0. The van der Waals surface area contributed by atoms with Crippen molar-refractivity contribution in [3.63, 3.8) is 0 Å². The van der Waals surface area contributed by atoms with Gasteiger partial charge in [-0.15, -0.1) is 0 Å². The molecule has 0 aromatic rings. The highest BCUT2D eigenvalue weighted by molar-refractivity contribution is 4.75. The maximum Gasteiger partial charge on any atom is 0.0973 e. The van der Waals surface area contributed by atoms with Gasteiger partial charge in [-0.1, -0.05) is 32.6 Å². The molecule has 0 bridgehead atoms. The Morgan fingerprint density at radius 1 is 1.26 bits per heavy atom. The molecule has 114 valence electrons. The molecular formula is C16H32FNO. The van der Waals surface area contributed by atoms with E-state index >= 15 is 0 Å². The first-order valence-corrected chi connectivity index (χ1v) is 8.17. The fourth-order valence-corrected chi connectivity index (χ4v) is 3.25. The molecular weight excluding hydrogens is 241 g/mol. The molecule has 1 aliphatic rings. The highest BCUT2D eigenvalue weighted by Gasteiger charge is 2.19. The van der Waals surface area contributed by atoms with Gasteiger partial charge in [0.1, 0.15) is 0 Å². The summed E-state index contributed by atoms with van der Waals surface area (Å²) in [4.78, 5) is 0.